The molecule has 14 heteroatoms. The first-order chi connectivity index (χ1) is 14.6. The molecule has 1 aromatic rings. The summed E-state index contributed by atoms with van der Waals surface area (Å²) >= 11 is 0. The van der Waals surface area contributed by atoms with Crippen LogP contribution in [0.3, 0.4) is 0 Å². The highest BCUT2D eigenvalue weighted by Gasteiger charge is 2.40. The van der Waals surface area contributed by atoms with Gasteiger partial charge in [0.2, 0.25) is 5.91 Å². The predicted octanol–water partition coefficient (Wildman–Crippen LogP) is 2.91. The van der Waals surface area contributed by atoms with Gasteiger partial charge < -0.3 is 20.8 Å². The van der Waals surface area contributed by atoms with Gasteiger partial charge in [-0.15, -0.1) is 0 Å². The first-order valence-electron chi connectivity index (χ1n) is 9.19. The number of carbonyl (C=O) groups excluding carboxylic acids is 1. The van der Waals surface area contributed by atoms with Crippen LogP contribution in [0.2, 0.25) is 0 Å². The fourth-order valence-electron chi connectivity index (χ4n) is 3.07. The summed E-state index contributed by atoms with van der Waals surface area (Å²) in [6.07, 6.45) is -9.24. The van der Waals surface area contributed by atoms with Gasteiger partial charge in [0, 0.05) is 12.1 Å². The van der Waals surface area contributed by atoms with Crippen molar-refractivity contribution in [2.24, 2.45) is 5.92 Å². The first kappa shape index (κ1) is 25.8. The van der Waals surface area contributed by atoms with Gasteiger partial charge in [-0.05, 0) is 37.3 Å². The third-order valence-corrected chi connectivity index (χ3v) is 4.78. The molecule has 0 aromatic heterocycles. The molecule has 0 radical (unpaired) electrons. The lowest BCUT2D eigenvalue weighted by Gasteiger charge is -2.22. The average Bonchev–Trinajstić information content (AvgIpc) is 3.40. The maximum absolute atomic E-state index is 14.2. The smallest absolute Gasteiger partial charge is 0.475 e. The molecule has 0 unspecified atom stereocenters. The van der Waals surface area contributed by atoms with E-state index in [4.69, 9.17) is 9.90 Å². The van der Waals surface area contributed by atoms with Gasteiger partial charge in [0.1, 0.15) is 11.6 Å². The molecule has 180 valence electrons. The number of alkyl halides is 6. The molecule has 1 saturated carbocycles. The second-order valence-electron chi connectivity index (χ2n) is 7.33. The van der Waals surface area contributed by atoms with Crippen LogP contribution in [0, 0.1) is 17.6 Å². The van der Waals surface area contributed by atoms with E-state index in [0.717, 1.165) is 0 Å². The average molecular weight is 478 g/mol. The maximum atomic E-state index is 14.2. The van der Waals surface area contributed by atoms with Gasteiger partial charge in [0.25, 0.3) is 0 Å². The number of β-amino-alcohol motifs (C(OH)–C–C–N with tert-alkyl or cyclic N) is 1. The Labute approximate surface area is 175 Å². The zero-order chi connectivity index (χ0) is 24.4. The van der Waals surface area contributed by atoms with Crippen LogP contribution in [0.4, 0.5) is 35.1 Å². The van der Waals surface area contributed by atoms with Crippen LogP contribution in [0.5, 0.6) is 0 Å². The van der Waals surface area contributed by atoms with Crippen LogP contribution in [-0.2, 0) is 15.8 Å². The van der Waals surface area contributed by atoms with Crippen LogP contribution in [0.15, 0.2) is 12.1 Å². The summed E-state index contributed by atoms with van der Waals surface area (Å²) in [6, 6.07) is -0.926. The van der Waals surface area contributed by atoms with Crippen molar-refractivity contribution >= 4 is 11.9 Å². The molecule has 4 N–H and O–H groups in total. The van der Waals surface area contributed by atoms with E-state index in [1.807, 2.05) is 0 Å². The number of amides is 1. The van der Waals surface area contributed by atoms with E-state index in [2.05, 4.69) is 10.6 Å². The molecule has 1 saturated heterocycles. The minimum atomic E-state index is -5.08. The van der Waals surface area contributed by atoms with Crippen LogP contribution in [-0.4, -0.2) is 47.0 Å². The first-order valence-corrected chi connectivity index (χ1v) is 9.19. The molecule has 0 bridgehead atoms. The topological polar surface area (TPSA) is 98.7 Å². The number of aliphatic hydroxyl groups excluding tert-OH is 1. The summed E-state index contributed by atoms with van der Waals surface area (Å²) in [5.41, 5.74) is -1.96. The number of carboxylic acid groups (broad SMARTS) is 1. The number of hydrogen-bond acceptors (Lipinski definition) is 4. The van der Waals surface area contributed by atoms with Crippen molar-refractivity contribution in [3.05, 3.63) is 34.9 Å². The van der Waals surface area contributed by atoms with E-state index in [1.165, 1.54) is 0 Å². The molecule has 2 fully saturated rings. The van der Waals surface area contributed by atoms with Crippen molar-refractivity contribution in [1.29, 1.82) is 0 Å². The van der Waals surface area contributed by atoms with Gasteiger partial charge in [0.15, 0.2) is 0 Å². The van der Waals surface area contributed by atoms with E-state index < -0.39 is 59.6 Å². The Morgan fingerprint density at radius 2 is 1.62 bits per heavy atom. The highest BCUT2D eigenvalue weighted by molar-refractivity contribution is 5.82. The summed E-state index contributed by atoms with van der Waals surface area (Å²) in [6.45, 7) is 0.245. The van der Waals surface area contributed by atoms with Crippen molar-refractivity contribution in [1.82, 2.24) is 10.6 Å². The van der Waals surface area contributed by atoms with Crippen molar-refractivity contribution in [3.8, 4) is 0 Å². The quantitative estimate of drug-likeness (QED) is 0.499. The summed E-state index contributed by atoms with van der Waals surface area (Å²) in [5, 5.41) is 22.0. The third-order valence-electron chi connectivity index (χ3n) is 4.78. The molecule has 1 amide bonds. The van der Waals surface area contributed by atoms with Gasteiger partial charge in [-0.25, -0.2) is 13.6 Å². The van der Waals surface area contributed by atoms with E-state index in [1.54, 1.807) is 0 Å². The summed E-state index contributed by atoms with van der Waals surface area (Å²) in [4.78, 5) is 21.1. The Morgan fingerprint density at radius 1 is 1.06 bits per heavy atom. The SMILES string of the molecule is O=C(N[C@@H](c1cc(F)c(C(F)(F)F)cc1F)C1CC1)[C@H]1C[C@@H](O)CN1.O=C(O)C(F)(F)F. The number of aliphatic carboxylic acids is 1. The number of nitrogens with one attached hydrogen (secondary N) is 2. The highest BCUT2D eigenvalue weighted by Crippen LogP contribution is 2.43. The zero-order valence-electron chi connectivity index (χ0n) is 16.0. The minimum absolute atomic E-state index is 0.129. The summed E-state index contributed by atoms with van der Waals surface area (Å²) < 4.78 is 97.8. The number of hydrogen-bond donors (Lipinski definition) is 4. The van der Waals surface area contributed by atoms with Crippen LogP contribution >= 0.6 is 0 Å². The number of aliphatic hydroxyl groups is 1. The van der Waals surface area contributed by atoms with Crippen molar-refractivity contribution < 1.29 is 54.9 Å². The molecule has 1 aliphatic carbocycles. The van der Waals surface area contributed by atoms with E-state index in [9.17, 15) is 45.0 Å². The number of rotatable bonds is 4. The largest absolute Gasteiger partial charge is 0.490 e. The highest BCUT2D eigenvalue weighted by atomic mass is 19.4. The lowest BCUT2D eigenvalue weighted by atomic mass is 9.98. The van der Waals surface area contributed by atoms with E-state index in [0.29, 0.717) is 18.9 Å². The number of carboxylic acids is 1. The molecule has 0 spiro atoms. The Bertz CT molecular complexity index is 855. The Morgan fingerprint density at radius 3 is 2.03 bits per heavy atom. The molecular weight excluding hydrogens is 460 g/mol. The van der Waals surface area contributed by atoms with E-state index in [-0.39, 0.29) is 30.5 Å². The Hall–Kier alpha value is -2.48. The number of carbonyl (C=O) groups is 2. The number of benzene rings is 1. The molecule has 1 aromatic carbocycles. The molecular formula is C18H18F8N2O4. The standard InChI is InChI=1S/C16H17F5N2O2.C2HF3O2/c17-11-5-10(16(19,20)21)12(18)4-9(11)14(7-1-2-7)23-15(25)13-3-8(24)6-22-13;3-2(4,5)1(6)7/h4-5,7-8,13-14,22,24H,1-3,6H2,(H,23,25);(H,6,7)/t8-,13-,14-;/m1./s1. The maximum Gasteiger partial charge on any atom is 0.490 e. The van der Waals surface area contributed by atoms with Gasteiger partial charge in [0.05, 0.1) is 23.8 Å². The van der Waals surface area contributed by atoms with Gasteiger partial charge in [-0.3, -0.25) is 4.79 Å². The van der Waals surface area contributed by atoms with E-state index >= 15 is 0 Å². The Kier molecular flexibility index (Phi) is 7.71. The summed E-state index contributed by atoms with van der Waals surface area (Å²) in [7, 11) is 0. The zero-order valence-corrected chi connectivity index (χ0v) is 16.0. The predicted molar refractivity (Wildman–Crippen MR) is 91.1 cm³/mol. The van der Waals surface area contributed by atoms with Crippen LogP contribution < -0.4 is 10.6 Å². The molecule has 1 aliphatic heterocycles. The van der Waals surface area contributed by atoms with Gasteiger partial charge in [-0.2, -0.15) is 26.3 Å². The molecule has 1 heterocycles. The van der Waals surface area contributed by atoms with Crippen molar-refractivity contribution in [3.63, 3.8) is 0 Å². The lowest BCUT2D eigenvalue weighted by molar-refractivity contribution is -0.192. The third kappa shape index (κ3) is 6.76. The second-order valence-corrected chi connectivity index (χ2v) is 7.33. The molecule has 3 atom stereocenters. The normalized spacial score (nSPS) is 22.0. The number of halogens is 8. The minimum Gasteiger partial charge on any atom is -0.475 e. The van der Waals surface area contributed by atoms with Gasteiger partial charge >= 0.3 is 18.3 Å². The lowest BCUT2D eigenvalue weighted by Crippen LogP contribution is -2.42. The Balaban J connectivity index is 0.000000451. The second kappa shape index (κ2) is 9.57. The molecule has 6 nitrogen and oxygen atoms in total. The van der Waals surface area contributed by atoms with Crippen molar-refractivity contribution in [2.45, 2.75) is 49.8 Å². The van der Waals surface area contributed by atoms with Gasteiger partial charge in [-0.1, -0.05) is 0 Å². The van der Waals surface area contributed by atoms with Crippen molar-refractivity contribution in [2.75, 3.05) is 6.54 Å². The monoisotopic (exact) mass is 478 g/mol. The fourth-order valence-corrected chi connectivity index (χ4v) is 3.07. The summed E-state index contributed by atoms with van der Waals surface area (Å²) in [5.74, 6) is -6.18. The molecule has 3 rings (SSSR count). The fraction of sp³-hybridized carbons (Fsp3) is 0.556. The molecule has 2 aliphatic rings. The van der Waals surface area contributed by atoms with Crippen LogP contribution in [0.25, 0.3) is 0 Å². The van der Waals surface area contributed by atoms with Crippen LogP contribution in [0.1, 0.15) is 36.4 Å². The molecule has 32 heavy (non-hydrogen) atoms.